The molecule has 2 heterocycles. The van der Waals surface area contributed by atoms with Crippen LogP contribution in [0.15, 0.2) is 49.1 Å². The highest BCUT2D eigenvalue weighted by molar-refractivity contribution is 5.80. The predicted molar refractivity (Wildman–Crippen MR) is 102 cm³/mol. The quantitative estimate of drug-likeness (QED) is 0.631. The second kappa shape index (κ2) is 8.79. The van der Waals surface area contributed by atoms with Crippen molar-refractivity contribution in [1.29, 1.82) is 0 Å². The van der Waals surface area contributed by atoms with Gasteiger partial charge in [0.2, 0.25) is 11.9 Å². The Hall–Kier alpha value is -3.42. The molecule has 0 saturated carbocycles. The second-order valence-corrected chi connectivity index (χ2v) is 5.97. The maximum atomic E-state index is 12.1. The maximum absolute atomic E-state index is 12.1. The molecule has 0 spiro atoms. The van der Waals surface area contributed by atoms with E-state index >= 15 is 0 Å². The average molecular weight is 366 g/mol. The minimum absolute atomic E-state index is 0.0936. The first-order chi connectivity index (χ1) is 13.1. The van der Waals surface area contributed by atoms with E-state index in [1.54, 1.807) is 36.5 Å². The number of rotatable bonds is 8. The molecule has 0 radical (unpaired) electrons. The number of anilines is 1. The summed E-state index contributed by atoms with van der Waals surface area (Å²) in [6.45, 7) is 2.58. The predicted octanol–water partition coefficient (Wildman–Crippen LogP) is 1.75. The number of carbonyl (C=O) groups excluding carboxylic acids is 1. The number of nitrogens with one attached hydrogen (secondary N) is 2. The zero-order valence-corrected chi connectivity index (χ0v) is 15.3. The molecule has 0 aliphatic carbocycles. The van der Waals surface area contributed by atoms with Crippen LogP contribution < -0.4 is 15.4 Å². The maximum Gasteiger partial charge on any atom is 0.239 e. The number of nitrogens with zero attached hydrogens (tertiary/aromatic N) is 4. The van der Waals surface area contributed by atoms with Crippen LogP contribution in [0.25, 0.3) is 5.95 Å². The van der Waals surface area contributed by atoms with Crippen LogP contribution in [0.4, 0.5) is 5.82 Å². The molecule has 0 unspecified atom stereocenters. The van der Waals surface area contributed by atoms with Gasteiger partial charge in [0, 0.05) is 30.7 Å². The van der Waals surface area contributed by atoms with Crippen LogP contribution in [-0.4, -0.2) is 45.6 Å². The van der Waals surface area contributed by atoms with Gasteiger partial charge in [0.25, 0.3) is 0 Å². The van der Waals surface area contributed by atoms with Crippen LogP contribution in [0.5, 0.6) is 5.75 Å². The molecule has 1 amide bonds. The molecule has 27 heavy (non-hydrogen) atoms. The molecular formula is C19H22N6O2. The summed E-state index contributed by atoms with van der Waals surface area (Å²) in [4.78, 5) is 24.8. The van der Waals surface area contributed by atoms with Crippen LogP contribution in [0, 0.1) is 6.92 Å². The minimum Gasteiger partial charge on any atom is -0.497 e. The van der Waals surface area contributed by atoms with Crippen molar-refractivity contribution in [2.24, 2.45) is 0 Å². The summed E-state index contributed by atoms with van der Waals surface area (Å²) in [5.74, 6) is 1.83. The first kappa shape index (κ1) is 18.4. The lowest BCUT2D eigenvalue weighted by molar-refractivity contribution is -0.119. The van der Waals surface area contributed by atoms with Crippen molar-refractivity contribution < 1.29 is 9.53 Å². The van der Waals surface area contributed by atoms with Gasteiger partial charge in [0.05, 0.1) is 13.7 Å². The Labute approximate surface area is 157 Å². The molecule has 8 nitrogen and oxygen atoms in total. The summed E-state index contributed by atoms with van der Waals surface area (Å²) >= 11 is 0. The zero-order valence-electron chi connectivity index (χ0n) is 15.3. The fourth-order valence-corrected chi connectivity index (χ4v) is 2.51. The molecule has 2 N–H and O–H groups in total. The van der Waals surface area contributed by atoms with Gasteiger partial charge in [-0.1, -0.05) is 12.1 Å². The number of hydrogen-bond acceptors (Lipinski definition) is 6. The lowest BCUT2D eigenvalue weighted by Gasteiger charge is -2.09. The topological polar surface area (TPSA) is 94.0 Å². The number of imidazole rings is 1. The Morgan fingerprint density at radius 2 is 2.04 bits per heavy atom. The molecule has 2 aromatic heterocycles. The fourth-order valence-electron chi connectivity index (χ4n) is 2.51. The van der Waals surface area contributed by atoms with Crippen molar-refractivity contribution in [2.45, 2.75) is 13.3 Å². The Morgan fingerprint density at radius 3 is 2.74 bits per heavy atom. The number of ether oxygens (including phenoxy) is 1. The highest BCUT2D eigenvalue weighted by Crippen LogP contribution is 2.11. The first-order valence-electron chi connectivity index (χ1n) is 8.61. The van der Waals surface area contributed by atoms with Gasteiger partial charge in [0.1, 0.15) is 17.9 Å². The Kier molecular flexibility index (Phi) is 5.98. The molecule has 3 rings (SSSR count). The van der Waals surface area contributed by atoms with Gasteiger partial charge in [-0.25, -0.2) is 9.97 Å². The van der Waals surface area contributed by atoms with E-state index in [0.29, 0.717) is 18.3 Å². The van der Waals surface area contributed by atoms with Gasteiger partial charge in [-0.2, -0.15) is 4.98 Å². The van der Waals surface area contributed by atoms with Crippen LogP contribution in [0.1, 0.15) is 11.3 Å². The third-order valence-electron chi connectivity index (χ3n) is 3.90. The fraction of sp³-hybridized carbons (Fsp3) is 0.263. The smallest absolute Gasteiger partial charge is 0.239 e. The first-order valence-corrected chi connectivity index (χ1v) is 8.61. The highest BCUT2D eigenvalue weighted by Gasteiger charge is 2.06. The molecule has 0 aliphatic heterocycles. The van der Waals surface area contributed by atoms with Gasteiger partial charge in [-0.05, 0) is 31.0 Å². The van der Waals surface area contributed by atoms with Gasteiger partial charge in [0.15, 0.2) is 0 Å². The van der Waals surface area contributed by atoms with Gasteiger partial charge in [-0.15, -0.1) is 0 Å². The number of amides is 1. The van der Waals surface area contributed by atoms with E-state index in [-0.39, 0.29) is 12.5 Å². The zero-order chi connectivity index (χ0) is 19.1. The van der Waals surface area contributed by atoms with Crippen molar-refractivity contribution in [3.05, 3.63) is 60.3 Å². The Balaban J connectivity index is 1.47. The number of aromatic nitrogens is 4. The van der Waals surface area contributed by atoms with Crippen molar-refractivity contribution in [1.82, 2.24) is 24.8 Å². The summed E-state index contributed by atoms with van der Waals surface area (Å²) in [6.07, 6.45) is 5.82. The largest absolute Gasteiger partial charge is 0.497 e. The standard InChI is InChI=1S/C19H22N6O2/c1-14-11-17(24-19(23-14)25-10-9-20-13-25)22-12-18(26)21-8-7-15-3-5-16(27-2)6-4-15/h3-6,9-11,13H,7-8,12H2,1-2H3,(H,21,26)(H,22,23,24). The van der Waals surface area contributed by atoms with E-state index in [1.807, 2.05) is 31.2 Å². The Bertz CT molecular complexity index is 878. The number of benzene rings is 1. The van der Waals surface area contributed by atoms with Crippen LogP contribution in [0.2, 0.25) is 0 Å². The lowest BCUT2D eigenvalue weighted by Crippen LogP contribution is -2.31. The van der Waals surface area contributed by atoms with Gasteiger partial charge in [-0.3, -0.25) is 9.36 Å². The number of methoxy groups -OCH3 is 1. The Morgan fingerprint density at radius 1 is 1.22 bits per heavy atom. The molecule has 0 bridgehead atoms. The molecular weight excluding hydrogens is 344 g/mol. The second-order valence-electron chi connectivity index (χ2n) is 5.97. The monoisotopic (exact) mass is 366 g/mol. The third-order valence-corrected chi connectivity index (χ3v) is 3.90. The molecule has 140 valence electrons. The van der Waals surface area contributed by atoms with E-state index in [9.17, 15) is 4.79 Å². The van der Waals surface area contributed by atoms with Crippen molar-refractivity contribution in [3.63, 3.8) is 0 Å². The summed E-state index contributed by atoms with van der Waals surface area (Å²) in [7, 11) is 1.64. The van der Waals surface area contributed by atoms with Crippen LogP contribution in [0.3, 0.4) is 0 Å². The number of hydrogen-bond donors (Lipinski definition) is 2. The summed E-state index contributed by atoms with van der Waals surface area (Å²) in [5.41, 5.74) is 1.94. The van der Waals surface area contributed by atoms with Crippen LogP contribution >= 0.6 is 0 Å². The van der Waals surface area contributed by atoms with E-state index in [2.05, 4.69) is 25.6 Å². The van der Waals surface area contributed by atoms with Gasteiger partial charge >= 0.3 is 0 Å². The van der Waals surface area contributed by atoms with E-state index in [4.69, 9.17) is 4.74 Å². The summed E-state index contributed by atoms with van der Waals surface area (Å²) in [5, 5.41) is 5.93. The number of aryl methyl sites for hydroxylation is 1. The summed E-state index contributed by atoms with van der Waals surface area (Å²) < 4.78 is 6.85. The molecule has 0 fully saturated rings. The van der Waals surface area contributed by atoms with E-state index < -0.39 is 0 Å². The molecule has 0 aliphatic rings. The van der Waals surface area contributed by atoms with Crippen molar-refractivity contribution >= 4 is 11.7 Å². The third kappa shape index (κ3) is 5.27. The molecule has 0 saturated heterocycles. The van der Waals surface area contributed by atoms with Crippen molar-refractivity contribution in [2.75, 3.05) is 25.5 Å². The average Bonchev–Trinajstić information content (AvgIpc) is 3.21. The molecule has 8 heteroatoms. The normalized spacial score (nSPS) is 10.4. The SMILES string of the molecule is COc1ccc(CCNC(=O)CNc2cc(C)nc(-n3ccnc3)n2)cc1. The summed E-state index contributed by atoms with van der Waals surface area (Å²) in [6, 6.07) is 9.60. The van der Waals surface area contributed by atoms with E-state index in [1.165, 1.54) is 0 Å². The van der Waals surface area contributed by atoms with Gasteiger partial charge < -0.3 is 15.4 Å². The minimum atomic E-state index is -0.0936. The van der Waals surface area contributed by atoms with Crippen molar-refractivity contribution in [3.8, 4) is 11.7 Å². The van der Waals surface area contributed by atoms with Crippen LogP contribution in [-0.2, 0) is 11.2 Å². The molecule has 1 aromatic carbocycles. The van der Waals surface area contributed by atoms with E-state index in [0.717, 1.165) is 23.4 Å². The molecule has 0 atom stereocenters. The number of carbonyl (C=O) groups is 1. The lowest BCUT2D eigenvalue weighted by atomic mass is 10.1. The molecule has 3 aromatic rings. The highest BCUT2D eigenvalue weighted by atomic mass is 16.5.